The van der Waals surface area contributed by atoms with E-state index in [4.69, 9.17) is 4.74 Å². The standard InChI is InChI=1S/C12H16O2Si/c13-10-15(11-6-2-1-3-7-11)12-8-4-5-9-14-12/h1-3,6-7,10,12,15H,4-5,8-9H2. The monoisotopic (exact) mass is 220 g/mol. The molecule has 1 aliphatic heterocycles. The van der Waals surface area contributed by atoms with Crippen LogP contribution in [0.1, 0.15) is 19.3 Å². The first-order valence-electron chi connectivity index (χ1n) is 5.53. The molecule has 1 heterocycles. The topological polar surface area (TPSA) is 26.3 Å². The molecule has 1 saturated heterocycles. The van der Waals surface area contributed by atoms with E-state index in [1.165, 1.54) is 11.6 Å². The van der Waals surface area contributed by atoms with Gasteiger partial charge in [-0.15, -0.1) is 0 Å². The van der Waals surface area contributed by atoms with E-state index in [1.54, 1.807) is 0 Å². The lowest BCUT2D eigenvalue weighted by Crippen LogP contribution is -2.46. The Bertz CT molecular complexity index is 307. The molecule has 2 rings (SSSR count). The lowest BCUT2D eigenvalue weighted by Gasteiger charge is -2.26. The second kappa shape index (κ2) is 5.23. The maximum absolute atomic E-state index is 11.2. The van der Waals surface area contributed by atoms with E-state index in [0.717, 1.165) is 25.4 Å². The number of hydrogen-bond acceptors (Lipinski definition) is 2. The highest BCUT2D eigenvalue weighted by molar-refractivity contribution is 6.95. The van der Waals surface area contributed by atoms with Gasteiger partial charge in [-0.05, 0) is 19.3 Å². The third kappa shape index (κ3) is 2.55. The van der Waals surface area contributed by atoms with Gasteiger partial charge in [-0.25, -0.2) is 0 Å². The Hall–Kier alpha value is -0.933. The highest BCUT2D eigenvalue weighted by Gasteiger charge is 2.27. The third-order valence-corrected chi connectivity index (χ3v) is 5.72. The smallest absolute Gasteiger partial charge is 0.175 e. The zero-order valence-electron chi connectivity index (χ0n) is 8.76. The summed E-state index contributed by atoms with van der Waals surface area (Å²) in [5.74, 6) is 1.16. The first-order chi connectivity index (χ1) is 7.42. The number of ether oxygens (including phenoxy) is 1. The molecule has 80 valence electrons. The normalized spacial score (nSPS) is 23.3. The Morgan fingerprint density at radius 2 is 2.07 bits per heavy atom. The first kappa shape index (κ1) is 10.6. The van der Waals surface area contributed by atoms with Crippen molar-refractivity contribution in [1.29, 1.82) is 0 Å². The SMILES string of the molecule is O=C[SiH](c1ccccc1)C1CCCCO1. The minimum absolute atomic E-state index is 0.221. The molecule has 1 aromatic carbocycles. The van der Waals surface area contributed by atoms with Crippen LogP contribution in [0.4, 0.5) is 0 Å². The van der Waals surface area contributed by atoms with Crippen molar-refractivity contribution in [3.8, 4) is 0 Å². The highest BCUT2D eigenvalue weighted by Crippen LogP contribution is 2.14. The maximum atomic E-state index is 11.2. The molecule has 2 atom stereocenters. The Morgan fingerprint density at radius 1 is 1.27 bits per heavy atom. The molecule has 1 aromatic rings. The van der Waals surface area contributed by atoms with Crippen molar-refractivity contribution in [1.82, 2.24) is 0 Å². The van der Waals surface area contributed by atoms with Gasteiger partial charge in [0.15, 0.2) is 8.80 Å². The lowest BCUT2D eigenvalue weighted by molar-refractivity contribution is 0.0647. The van der Waals surface area contributed by atoms with Crippen LogP contribution in [0.5, 0.6) is 0 Å². The zero-order valence-corrected chi connectivity index (χ0v) is 9.92. The van der Waals surface area contributed by atoms with Crippen LogP contribution >= 0.6 is 0 Å². The fraction of sp³-hybridized carbons (Fsp3) is 0.417. The van der Waals surface area contributed by atoms with Crippen molar-refractivity contribution < 1.29 is 9.53 Å². The number of rotatable bonds is 3. The Morgan fingerprint density at radius 3 is 2.67 bits per heavy atom. The van der Waals surface area contributed by atoms with Crippen LogP contribution in [0, 0.1) is 0 Å². The van der Waals surface area contributed by atoms with Crippen LogP contribution in [0.3, 0.4) is 0 Å². The van der Waals surface area contributed by atoms with Gasteiger partial charge >= 0.3 is 0 Å². The van der Waals surface area contributed by atoms with E-state index in [-0.39, 0.29) is 5.73 Å². The second-order valence-electron chi connectivity index (χ2n) is 3.98. The van der Waals surface area contributed by atoms with Gasteiger partial charge in [-0.3, -0.25) is 0 Å². The summed E-state index contributed by atoms with van der Waals surface area (Å²) in [6, 6.07) is 10.1. The Balaban J connectivity index is 2.12. The van der Waals surface area contributed by atoms with Crippen molar-refractivity contribution in [2.75, 3.05) is 6.61 Å². The molecule has 15 heavy (non-hydrogen) atoms. The molecule has 1 fully saturated rings. The molecule has 0 N–H and O–H groups in total. The average molecular weight is 220 g/mol. The molecular formula is C12H16O2Si. The molecule has 0 amide bonds. The molecular weight excluding hydrogens is 204 g/mol. The molecule has 0 aromatic heterocycles. The van der Waals surface area contributed by atoms with Gasteiger partial charge in [0.25, 0.3) is 0 Å². The van der Waals surface area contributed by atoms with E-state index < -0.39 is 8.80 Å². The van der Waals surface area contributed by atoms with Crippen LogP contribution in [0.25, 0.3) is 0 Å². The summed E-state index contributed by atoms with van der Waals surface area (Å²) in [7, 11) is -1.56. The molecule has 0 radical (unpaired) electrons. The van der Waals surface area contributed by atoms with Crippen LogP contribution in [-0.4, -0.2) is 27.0 Å². The van der Waals surface area contributed by atoms with Crippen molar-refractivity contribution in [3.63, 3.8) is 0 Å². The van der Waals surface area contributed by atoms with Gasteiger partial charge in [0.2, 0.25) is 0 Å². The van der Waals surface area contributed by atoms with Gasteiger partial charge in [-0.1, -0.05) is 35.5 Å². The van der Waals surface area contributed by atoms with Crippen molar-refractivity contribution in [2.45, 2.75) is 25.0 Å². The fourth-order valence-electron chi connectivity index (χ4n) is 2.10. The van der Waals surface area contributed by atoms with Gasteiger partial charge in [0, 0.05) is 6.61 Å². The number of carbonyl (C=O) groups is 1. The van der Waals surface area contributed by atoms with Gasteiger partial charge in [0.05, 0.1) is 5.73 Å². The van der Waals surface area contributed by atoms with Crippen LogP contribution in [-0.2, 0) is 9.53 Å². The second-order valence-corrected chi connectivity index (χ2v) is 6.71. The molecule has 2 nitrogen and oxygen atoms in total. The summed E-state index contributed by atoms with van der Waals surface area (Å²) >= 11 is 0. The van der Waals surface area contributed by atoms with Crippen molar-refractivity contribution >= 4 is 19.9 Å². The van der Waals surface area contributed by atoms with E-state index in [9.17, 15) is 4.79 Å². The first-order valence-corrected chi connectivity index (χ1v) is 7.45. The summed E-state index contributed by atoms with van der Waals surface area (Å²) in [4.78, 5) is 11.2. The summed E-state index contributed by atoms with van der Waals surface area (Å²) in [6.45, 7) is 0.828. The van der Waals surface area contributed by atoms with Crippen LogP contribution in [0.15, 0.2) is 30.3 Å². The van der Waals surface area contributed by atoms with Gasteiger partial charge < -0.3 is 9.53 Å². The largest absolute Gasteiger partial charge is 0.381 e. The minimum Gasteiger partial charge on any atom is -0.381 e. The molecule has 2 unspecified atom stereocenters. The summed E-state index contributed by atoms with van der Waals surface area (Å²) in [6.07, 6.45) is 3.41. The maximum Gasteiger partial charge on any atom is 0.175 e. The summed E-state index contributed by atoms with van der Waals surface area (Å²) < 4.78 is 5.72. The third-order valence-electron chi connectivity index (χ3n) is 2.95. The van der Waals surface area contributed by atoms with Crippen LogP contribution in [0.2, 0.25) is 0 Å². The molecule has 0 saturated carbocycles. The summed E-state index contributed by atoms with van der Waals surface area (Å²) in [5, 5.41) is 1.21. The highest BCUT2D eigenvalue weighted by atomic mass is 28.3. The lowest BCUT2D eigenvalue weighted by atomic mass is 10.2. The zero-order chi connectivity index (χ0) is 10.5. The summed E-state index contributed by atoms with van der Waals surface area (Å²) in [5.41, 5.74) is 0.221. The molecule has 0 aliphatic carbocycles. The molecule has 1 aliphatic rings. The number of benzene rings is 1. The van der Waals surface area contributed by atoms with E-state index in [0.29, 0.717) is 0 Å². The van der Waals surface area contributed by atoms with E-state index >= 15 is 0 Å². The molecule has 3 heteroatoms. The van der Waals surface area contributed by atoms with Gasteiger partial charge in [-0.2, -0.15) is 0 Å². The predicted octanol–water partition coefficient (Wildman–Crippen LogP) is 1.00. The number of carbonyl (C=O) groups excluding carboxylic acids is 1. The van der Waals surface area contributed by atoms with Crippen molar-refractivity contribution in [2.24, 2.45) is 0 Å². The Labute approximate surface area is 91.9 Å². The van der Waals surface area contributed by atoms with Crippen LogP contribution < -0.4 is 5.19 Å². The molecule has 0 bridgehead atoms. The predicted molar refractivity (Wildman–Crippen MR) is 63.6 cm³/mol. The quantitative estimate of drug-likeness (QED) is 0.561. The van der Waals surface area contributed by atoms with E-state index in [2.05, 4.69) is 12.1 Å². The van der Waals surface area contributed by atoms with Gasteiger partial charge in [0.1, 0.15) is 5.91 Å². The van der Waals surface area contributed by atoms with Crippen molar-refractivity contribution in [3.05, 3.63) is 30.3 Å². The molecule has 0 spiro atoms. The fourth-order valence-corrected chi connectivity index (χ4v) is 4.47. The number of hydrogen-bond donors (Lipinski definition) is 0. The average Bonchev–Trinajstić information content (AvgIpc) is 2.33. The van der Waals surface area contributed by atoms with E-state index in [1.807, 2.05) is 18.2 Å². The minimum atomic E-state index is -1.56. The Kier molecular flexibility index (Phi) is 3.69.